The molecular formula is C4H12Cl3OZr. The zero-order valence-corrected chi connectivity index (χ0v) is 10.2. The third kappa shape index (κ3) is 26.0. The van der Waals surface area contributed by atoms with Gasteiger partial charge >= 0.3 is 54.3 Å². The van der Waals surface area contributed by atoms with Crippen molar-refractivity contribution in [2.75, 3.05) is 6.61 Å². The van der Waals surface area contributed by atoms with Crippen molar-refractivity contribution in [3.05, 3.63) is 0 Å². The maximum atomic E-state index is 4.87. The average Bonchev–Trinajstić information content (AvgIpc) is 1.61. The molecule has 0 spiro atoms. The van der Waals surface area contributed by atoms with Crippen LogP contribution in [0.25, 0.3) is 0 Å². The third-order valence-corrected chi connectivity index (χ3v) is 1.10. The Morgan fingerprint density at radius 1 is 1.22 bits per heavy atom. The van der Waals surface area contributed by atoms with Gasteiger partial charge in [-0.3, -0.25) is 0 Å². The van der Waals surface area contributed by atoms with Crippen LogP contribution in [0.3, 0.4) is 0 Å². The maximum absolute atomic E-state index is 4.87. The van der Waals surface area contributed by atoms with Crippen LogP contribution in [-0.2, 0) is 28.0 Å². The molecule has 0 heterocycles. The molecule has 0 aliphatic heterocycles. The Balaban J connectivity index is -0.0000000417. The zero-order valence-electron chi connectivity index (χ0n) is 5.25. The van der Waals surface area contributed by atoms with Gasteiger partial charge in [-0.05, 0) is 0 Å². The van der Waals surface area contributed by atoms with Gasteiger partial charge in [-0.2, -0.15) is 0 Å². The van der Waals surface area contributed by atoms with Gasteiger partial charge < -0.3 is 0 Å². The minimum absolute atomic E-state index is 0. The van der Waals surface area contributed by atoms with Crippen molar-refractivity contribution in [1.29, 1.82) is 0 Å². The van der Waals surface area contributed by atoms with Gasteiger partial charge in [0, 0.05) is 0 Å². The van der Waals surface area contributed by atoms with E-state index in [0.29, 0.717) is 0 Å². The molecule has 0 unspecified atom stereocenters. The first-order chi connectivity index (χ1) is 2.91. The van der Waals surface area contributed by atoms with E-state index >= 15 is 0 Å². The normalized spacial score (nSPS) is 5.78. The summed E-state index contributed by atoms with van der Waals surface area (Å²) in [6.45, 7) is 3.12. The number of unbranched alkanes of at least 4 members (excludes halogenated alkanes) is 1. The monoisotopic (exact) mass is 271 g/mol. The fraction of sp³-hybridized carbons (Fsp3) is 1.00. The van der Waals surface area contributed by atoms with Gasteiger partial charge in [0.1, 0.15) is 0 Å². The molecule has 59 valence electrons. The molecule has 5 heteroatoms. The summed E-state index contributed by atoms with van der Waals surface area (Å²) in [6.07, 6.45) is 2.46. The molecule has 1 nitrogen and oxygen atoms in total. The van der Waals surface area contributed by atoms with E-state index in [-0.39, 0.29) is 37.2 Å². The Morgan fingerprint density at radius 3 is 1.78 bits per heavy atom. The average molecular weight is 274 g/mol. The Labute approximate surface area is 91.0 Å². The topological polar surface area (TPSA) is 9.23 Å². The molecule has 9 heavy (non-hydrogen) atoms. The van der Waals surface area contributed by atoms with Crippen molar-refractivity contribution >= 4 is 37.2 Å². The maximum Gasteiger partial charge on any atom is -0.147 e. The molecule has 0 bridgehead atoms. The molecule has 0 fully saturated rings. The first-order valence-corrected chi connectivity index (χ1v) is 3.20. The molecular weight excluding hydrogens is 262 g/mol. The van der Waals surface area contributed by atoms with Crippen molar-refractivity contribution in [2.24, 2.45) is 0 Å². The number of halogens is 3. The predicted molar refractivity (Wildman–Crippen MR) is 42.6 cm³/mol. The van der Waals surface area contributed by atoms with Crippen LogP contribution in [-0.4, -0.2) is 6.61 Å². The number of hydrogen-bond donors (Lipinski definition) is 0. The van der Waals surface area contributed by atoms with Gasteiger partial charge in [0.2, 0.25) is 0 Å². The van der Waals surface area contributed by atoms with Crippen LogP contribution in [0.2, 0.25) is 0 Å². The molecule has 0 saturated heterocycles. The second-order valence-corrected chi connectivity index (χ2v) is 1.91. The van der Waals surface area contributed by atoms with E-state index in [9.17, 15) is 0 Å². The summed E-state index contributed by atoms with van der Waals surface area (Å²) >= 11 is 1.19. The number of rotatable bonds is 3. The Bertz CT molecular complexity index is 27.8. The fourth-order valence-corrected chi connectivity index (χ4v) is 0.571. The Hall–Kier alpha value is 1.71. The molecule has 0 aromatic heterocycles. The minimum Gasteiger partial charge on any atom is -0.147 e. The Kier molecular flexibility index (Phi) is 56.3. The van der Waals surface area contributed by atoms with E-state index in [2.05, 4.69) is 6.92 Å². The van der Waals surface area contributed by atoms with Crippen LogP contribution in [0.4, 0.5) is 0 Å². The number of hydrogen-bond acceptors (Lipinski definition) is 1. The van der Waals surface area contributed by atoms with Crippen molar-refractivity contribution in [2.45, 2.75) is 19.8 Å². The second kappa shape index (κ2) is 22.6. The second-order valence-electron chi connectivity index (χ2n) is 1.20. The van der Waals surface area contributed by atoms with Gasteiger partial charge in [-0.1, -0.05) is 0 Å². The van der Waals surface area contributed by atoms with E-state index in [1.807, 2.05) is 0 Å². The minimum atomic E-state index is 0. The van der Waals surface area contributed by atoms with Gasteiger partial charge in [0.05, 0.1) is 0 Å². The third-order valence-electron chi connectivity index (χ3n) is 0.600. The van der Waals surface area contributed by atoms with Crippen LogP contribution < -0.4 is 0 Å². The molecule has 0 aliphatic carbocycles. The largest absolute Gasteiger partial charge is 0.147 e. The van der Waals surface area contributed by atoms with Crippen LogP contribution in [0.5, 0.6) is 0 Å². The smallest absolute Gasteiger partial charge is 0.147 e. The van der Waals surface area contributed by atoms with Crippen LogP contribution >= 0.6 is 37.2 Å². The van der Waals surface area contributed by atoms with Crippen molar-refractivity contribution in [1.82, 2.24) is 0 Å². The molecule has 0 aliphatic rings. The molecule has 0 amide bonds. The quantitative estimate of drug-likeness (QED) is 0.718. The Morgan fingerprint density at radius 2 is 1.67 bits per heavy atom. The van der Waals surface area contributed by atoms with E-state index in [4.69, 9.17) is 2.81 Å². The van der Waals surface area contributed by atoms with E-state index in [1.54, 1.807) is 0 Å². The summed E-state index contributed by atoms with van der Waals surface area (Å²) in [5.41, 5.74) is 0. The molecule has 0 rings (SSSR count). The van der Waals surface area contributed by atoms with Crippen molar-refractivity contribution in [3.8, 4) is 0 Å². The van der Waals surface area contributed by atoms with E-state index < -0.39 is 0 Å². The van der Waals surface area contributed by atoms with E-state index in [0.717, 1.165) is 6.61 Å². The standard InChI is InChI=1S/C4H9O.3ClH.Zr/c1-2-3-4-5;;;;/h2-4H2,1H3;3*1H;/q-1;;;;+1. The molecule has 0 aromatic rings. The summed E-state index contributed by atoms with van der Waals surface area (Å²) < 4.78 is 4.87. The van der Waals surface area contributed by atoms with Crippen LogP contribution in [0.15, 0.2) is 0 Å². The first-order valence-electron chi connectivity index (χ1n) is 2.20. The van der Waals surface area contributed by atoms with Gasteiger partial charge in [0.15, 0.2) is 0 Å². The SMILES string of the molecule is CCCC[O][Zr].Cl.Cl.Cl. The summed E-state index contributed by atoms with van der Waals surface area (Å²) in [7, 11) is 0. The summed E-state index contributed by atoms with van der Waals surface area (Å²) in [5.74, 6) is 0. The zero-order chi connectivity index (χ0) is 4.83. The predicted octanol–water partition coefficient (Wildman–Crippen LogP) is 2.53. The summed E-state index contributed by atoms with van der Waals surface area (Å²) in [6, 6.07) is 0. The van der Waals surface area contributed by atoms with Crippen molar-refractivity contribution < 1.29 is 28.0 Å². The van der Waals surface area contributed by atoms with Crippen LogP contribution in [0.1, 0.15) is 19.8 Å². The molecule has 0 N–H and O–H groups in total. The molecule has 0 saturated carbocycles. The van der Waals surface area contributed by atoms with Crippen molar-refractivity contribution in [3.63, 3.8) is 0 Å². The summed E-state index contributed by atoms with van der Waals surface area (Å²) in [4.78, 5) is 0. The van der Waals surface area contributed by atoms with Gasteiger partial charge in [-0.25, -0.2) is 0 Å². The van der Waals surface area contributed by atoms with Crippen LogP contribution in [0, 0.1) is 0 Å². The summed E-state index contributed by atoms with van der Waals surface area (Å²) in [5, 5.41) is 0. The van der Waals surface area contributed by atoms with Gasteiger partial charge in [0.25, 0.3) is 0 Å². The first kappa shape index (κ1) is 22.4. The van der Waals surface area contributed by atoms with Gasteiger partial charge in [-0.15, -0.1) is 37.2 Å². The molecule has 0 atom stereocenters. The molecule has 0 radical (unpaired) electrons. The van der Waals surface area contributed by atoms with E-state index in [1.165, 1.54) is 38.0 Å². The molecule has 0 aromatic carbocycles. The fourth-order valence-electron chi connectivity index (χ4n) is 0.217.